The van der Waals surface area contributed by atoms with E-state index in [1.807, 2.05) is 77.7 Å². The van der Waals surface area contributed by atoms with Crippen LogP contribution in [0.5, 0.6) is 23.0 Å². The summed E-state index contributed by atoms with van der Waals surface area (Å²) in [5.74, 6) is 3.76. The van der Waals surface area contributed by atoms with E-state index in [4.69, 9.17) is 28.2 Å². The Bertz CT molecular complexity index is 4090. The van der Waals surface area contributed by atoms with Crippen LogP contribution in [0.15, 0.2) is 182 Å². The Hall–Kier alpha value is -7.40. The van der Waals surface area contributed by atoms with Crippen molar-refractivity contribution in [2.45, 2.75) is 85.5 Å². The molecule has 0 aliphatic carbocycles. The number of rotatable bonds is 12. The second kappa shape index (κ2) is 20.5. The fraction of sp³-hybridized carbons (Fsp3) is 0.194. The van der Waals surface area contributed by atoms with Crippen LogP contribution >= 0.6 is 0 Å². The fourth-order valence-corrected chi connectivity index (χ4v) is 9.60. The molecule has 10 aromatic rings. The van der Waals surface area contributed by atoms with Crippen LogP contribution in [0.1, 0.15) is 116 Å². The molecule has 1 aliphatic heterocycles. The maximum Gasteiger partial charge on any atom is 0.139 e. The topological polar surface area (TPSA) is 42.8 Å². The molecule has 0 bridgehead atoms. The summed E-state index contributed by atoms with van der Waals surface area (Å²) in [5.41, 5.74) is 7.85. The Morgan fingerprint density at radius 2 is 1.22 bits per heavy atom. The van der Waals surface area contributed by atoms with E-state index in [0.29, 0.717) is 46.0 Å². The minimum atomic E-state index is -0.569. The Kier molecular flexibility index (Phi) is 10.8. The smallest absolute Gasteiger partial charge is 0.139 e. The number of fused-ring (bicyclic) bond motifs is 4. The zero-order valence-corrected chi connectivity index (χ0v) is 45.1. The van der Waals surface area contributed by atoms with E-state index in [1.165, 1.54) is 5.56 Å². The molecule has 0 saturated heterocycles. The summed E-state index contributed by atoms with van der Waals surface area (Å²) in [6, 6.07) is 38.7. The molecule has 11 rings (SSSR count). The van der Waals surface area contributed by atoms with Gasteiger partial charge in [0.15, 0.2) is 0 Å². The second-order valence-corrected chi connectivity index (χ2v) is 20.4. The van der Waals surface area contributed by atoms with Crippen molar-refractivity contribution in [2.75, 3.05) is 9.80 Å². The van der Waals surface area contributed by atoms with Crippen molar-refractivity contribution in [3.63, 3.8) is 0 Å². The monoisotopic (exact) mass is 1160 g/mol. The molecule has 0 N–H and O–H groups in total. The zero-order valence-electron chi connectivity index (χ0n) is 52.8. The summed E-state index contributed by atoms with van der Waals surface area (Å²) in [7, 11) is 0. The van der Waals surface area contributed by atoms with Gasteiger partial charge in [-0.2, -0.15) is 6.07 Å². The maximum atomic E-state index is 9.14. The molecule has 74 heavy (non-hydrogen) atoms. The Morgan fingerprint density at radius 3 is 1.84 bits per heavy atom. The largest absolute Gasteiger partial charge is 0.509 e. The normalized spacial score (nSPS) is 14.4. The maximum absolute atomic E-state index is 9.14. The van der Waals surface area contributed by atoms with Crippen molar-refractivity contribution < 1.29 is 44.2 Å². The molecule has 1 aliphatic rings. The van der Waals surface area contributed by atoms with Gasteiger partial charge in [0, 0.05) is 78.5 Å². The molecule has 8 aromatic carbocycles. The van der Waals surface area contributed by atoms with Gasteiger partial charge in [-0.3, -0.25) is 0 Å². The molecule has 0 unspecified atom stereocenters. The number of hydrogen-bond acceptors (Lipinski definition) is 5. The average Bonchev–Trinajstić information content (AvgIpc) is 1.68. The van der Waals surface area contributed by atoms with Crippen LogP contribution in [-0.2, 0) is 26.5 Å². The summed E-state index contributed by atoms with van der Waals surface area (Å²) in [4.78, 5) is 8.60. The summed E-state index contributed by atoms with van der Waals surface area (Å²) in [6.45, 7) is 21.3. The first-order chi connectivity index (χ1) is 39.4. The van der Waals surface area contributed by atoms with Crippen LogP contribution in [0.2, 0.25) is 0 Å². The molecule has 374 valence electrons. The third kappa shape index (κ3) is 9.53. The number of pyridine rings is 1. The van der Waals surface area contributed by atoms with E-state index in [9.17, 15) is 0 Å². The first kappa shape index (κ1) is 39.1. The van der Waals surface area contributed by atoms with Crippen molar-refractivity contribution in [1.82, 2.24) is 9.55 Å². The van der Waals surface area contributed by atoms with Gasteiger partial charge in [-0.15, -0.1) is 53.6 Å². The molecule has 0 saturated carbocycles. The molecule has 3 heterocycles. The number of aromatic nitrogens is 2. The quantitative estimate of drug-likeness (QED) is 0.114. The zero-order chi connectivity index (χ0) is 59.2. The summed E-state index contributed by atoms with van der Waals surface area (Å²) < 4.78 is 104. The van der Waals surface area contributed by atoms with Gasteiger partial charge in [0.1, 0.15) is 17.3 Å². The van der Waals surface area contributed by atoms with Crippen molar-refractivity contribution >= 4 is 44.6 Å². The van der Waals surface area contributed by atoms with Crippen LogP contribution in [-0.4, -0.2) is 9.55 Å². The minimum absolute atomic E-state index is 0. The fourth-order valence-electron chi connectivity index (χ4n) is 9.60. The van der Waals surface area contributed by atoms with E-state index < -0.39 is 65.8 Å². The van der Waals surface area contributed by atoms with E-state index in [2.05, 4.69) is 103 Å². The molecule has 0 spiro atoms. The van der Waals surface area contributed by atoms with E-state index in [-0.39, 0.29) is 60.8 Å². The van der Waals surface area contributed by atoms with Gasteiger partial charge in [-0.05, 0) is 80.6 Å². The SMILES string of the molecule is [2H]c1c([2H])c([2H])c(-c2cccc(-c3c([2H])c([2H])c([2H])c([2H])c3[2H])c2N2[CH-]N(c3[c-]c(Oc4[c-]c5c(cc4)c4ccccc4n5-c4cc(Oc5c(C(C)C)cc(C(C)C)cc5C(C)C)ccn4)cc(C(C)(C)C)c3)c3ccccc32)c([2H])c1[2H].[Pt]. The molecule has 7 heteroatoms. The van der Waals surface area contributed by atoms with Crippen molar-refractivity contribution in [3.8, 4) is 51.1 Å². The predicted octanol–water partition coefficient (Wildman–Crippen LogP) is 18.8. The van der Waals surface area contributed by atoms with E-state index >= 15 is 0 Å². The van der Waals surface area contributed by atoms with Crippen LogP contribution in [0, 0.1) is 18.8 Å². The van der Waals surface area contributed by atoms with Gasteiger partial charge >= 0.3 is 0 Å². The van der Waals surface area contributed by atoms with E-state index in [0.717, 1.165) is 44.2 Å². The van der Waals surface area contributed by atoms with Crippen LogP contribution < -0.4 is 19.3 Å². The van der Waals surface area contributed by atoms with Crippen molar-refractivity contribution in [1.29, 1.82) is 0 Å². The van der Waals surface area contributed by atoms with Gasteiger partial charge in [-0.25, -0.2) is 4.98 Å². The van der Waals surface area contributed by atoms with Crippen molar-refractivity contribution in [3.05, 3.63) is 223 Å². The molecule has 6 nitrogen and oxygen atoms in total. The van der Waals surface area contributed by atoms with Gasteiger partial charge in [0.2, 0.25) is 0 Å². The second-order valence-electron chi connectivity index (χ2n) is 20.4. The molecule has 0 amide bonds. The molecule has 0 radical (unpaired) electrons. The molecule has 0 fully saturated rings. The third-order valence-electron chi connectivity index (χ3n) is 13.4. The standard InChI is InChI=1S/C67H61N4O2.Pt/c1-43(2)48-35-58(44(3)4)66(59(36-48)45(5)6)73-52-33-34-68-64(41-52)71-60-28-17-16-25-56(60)57-32-31-51(40-63(57)71)72-53-38-49(67(7,8)9)37-50(39-53)69-42-70(62-30-19-18-29-61(62)69)65-54(46-21-12-10-13-22-46)26-20-27-55(65)47-23-14-11-15-24-47;/h10-38,41-45H,1-9H3;/q-3;/i10D,11D,12D,13D,14D,15D,21D,22D,23D,24D;. The first-order valence-electron chi connectivity index (χ1n) is 29.8. The molecule has 2 aromatic heterocycles. The molecular weight excluding hydrogens is 1090 g/mol. The van der Waals surface area contributed by atoms with Gasteiger partial charge in [-0.1, -0.05) is 189 Å². The Labute approximate surface area is 465 Å². The minimum Gasteiger partial charge on any atom is -0.509 e. The summed E-state index contributed by atoms with van der Waals surface area (Å²) >= 11 is 0. The Morgan fingerprint density at radius 1 is 0.595 bits per heavy atom. The number of anilines is 4. The average molecular weight is 1160 g/mol. The molecular formula is C67H61N4O2Pt-3. The van der Waals surface area contributed by atoms with Crippen LogP contribution in [0.25, 0.3) is 49.9 Å². The van der Waals surface area contributed by atoms with Gasteiger partial charge in [0.25, 0.3) is 0 Å². The number of ether oxygens (including phenoxy) is 2. The third-order valence-corrected chi connectivity index (χ3v) is 13.4. The number of nitrogens with zero attached hydrogens (tertiary/aromatic N) is 4. The number of hydrogen-bond donors (Lipinski definition) is 0. The number of para-hydroxylation sites is 4. The van der Waals surface area contributed by atoms with Crippen LogP contribution in [0.4, 0.5) is 22.7 Å². The van der Waals surface area contributed by atoms with Crippen molar-refractivity contribution in [2.24, 2.45) is 0 Å². The predicted molar refractivity (Wildman–Crippen MR) is 303 cm³/mol. The van der Waals surface area contributed by atoms with E-state index in [1.54, 1.807) is 36.0 Å². The summed E-state index contributed by atoms with van der Waals surface area (Å²) in [6.07, 6.45) is 1.77. The summed E-state index contributed by atoms with van der Waals surface area (Å²) in [5, 5.41) is 1.95. The molecule has 0 atom stereocenters. The van der Waals surface area contributed by atoms with Crippen LogP contribution in [0.3, 0.4) is 0 Å². The number of benzene rings is 8. The first-order valence-corrected chi connectivity index (χ1v) is 24.8. The Balaban J connectivity index is 0.00000786. The van der Waals surface area contributed by atoms with Gasteiger partial charge in [0.05, 0.1) is 13.7 Å². The van der Waals surface area contributed by atoms with Gasteiger partial charge < -0.3 is 23.8 Å².